The molecule has 1 aliphatic rings. The number of piperidine rings is 1. The summed E-state index contributed by atoms with van der Waals surface area (Å²) in [5.74, 6) is -0.692. The Morgan fingerprint density at radius 3 is 2.61 bits per heavy atom. The van der Waals surface area contributed by atoms with E-state index in [2.05, 4.69) is 20.2 Å². The third-order valence-corrected chi connectivity index (χ3v) is 7.40. The van der Waals surface area contributed by atoms with E-state index in [1.54, 1.807) is 18.4 Å². The topological polar surface area (TPSA) is 107 Å². The van der Waals surface area contributed by atoms with Gasteiger partial charge in [0.1, 0.15) is 11.9 Å². The molecule has 1 saturated heterocycles. The molecule has 3 aromatic heterocycles. The van der Waals surface area contributed by atoms with Gasteiger partial charge >= 0.3 is 5.69 Å². The zero-order valence-corrected chi connectivity index (χ0v) is 21.0. The number of carbonyl (C=O) groups excluding carboxylic acids is 1. The molecular weight excluding hydrogens is 485 g/mol. The molecule has 1 N–H and O–H groups in total. The van der Waals surface area contributed by atoms with Crippen LogP contribution in [0.1, 0.15) is 32.2 Å². The van der Waals surface area contributed by atoms with Crippen LogP contribution >= 0.6 is 11.3 Å². The van der Waals surface area contributed by atoms with Crippen LogP contribution in [-0.2, 0) is 18.9 Å². The normalized spacial score (nSPS) is 14.8. The van der Waals surface area contributed by atoms with Gasteiger partial charge < -0.3 is 14.8 Å². The second kappa shape index (κ2) is 9.34. The van der Waals surface area contributed by atoms with Gasteiger partial charge in [-0.3, -0.25) is 18.7 Å². The number of rotatable bonds is 5. The van der Waals surface area contributed by atoms with E-state index >= 15 is 0 Å². The highest BCUT2D eigenvalue weighted by Gasteiger charge is 2.23. The van der Waals surface area contributed by atoms with Crippen molar-refractivity contribution in [3.8, 4) is 11.3 Å². The number of imidazole rings is 1. The van der Waals surface area contributed by atoms with Crippen LogP contribution in [0.2, 0.25) is 0 Å². The minimum Gasteiger partial charge on any atom is -0.369 e. The van der Waals surface area contributed by atoms with Gasteiger partial charge in [0.2, 0.25) is 5.91 Å². The third kappa shape index (κ3) is 4.11. The van der Waals surface area contributed by atoms with Gasteiger partial charge in [-0.1, -0.05) is 6.07 Å². The number of hydrogen-bond donors (Lipinski definition) is 1. The SMILES string of the molecule is C[C@@H](C(=O)Nc1nc(-c2ccc(N3CCCCC3)c(F)c2)cs1)n1cnc2c1c(=O)n(C)c(=O)n2C. The maximum Gasteiger partial charge on any atom is 0.332 e. The lowest BCUT2D eigenvalue weighted by atomic mass is 10.1. The fourth-order valence-electron chi connectivity index (χ4n) is 4.52. The third-order valence-electron chi connectivity index (χ3n) is 6.64. The second-order valence-electron chi connectivity index (χ2n) is 8.95. The molecule has 10 nitrogen and oxygen atoms in total. The summed E-state index contributed by atoms with van der Waals surface area (Å²) in [4.78, 5) is 48.5. The predicted molar refractivity (Wildman–Crippen MR) is 137 cm³/mol. The molecule has 0 aliphatic carbocycles. The van der Waals surface area contributed by atoms with E-state index < -0.39 is 23.2 Å². The van der Waals surface area contributed by atoms with Crippen molar-refractivity contribution >= 4 is 39.2 Å². The van der Waals surface area contributed by atoms with Crippen LogP contribution in [0, 0.1) is 5.82 Å². The number of nitrogens with zero attached hydrogens (tertiary/aromatic N) is 6. The van der Waals surface area contributed by atoms with Gasteiger partial charge in [0.25, 0.3) is 5.56 Å². The highest BCUT2D eigenvalue weighted by molar-refractivity contribution is 7.14. The summed E-state index contributed by atoms with van der Waals surface area (Å²) in [7, 11) is 2.90. The van der Waals surface area contributed by atoms with E-state index in [4.69, 9.17) is 0 Å². The average molecular weight is 512 g/mol. The van der Waals surface area contributed by atoms with Crippen molar-refractivity contribution in [3.05, 3.63) is 56.6 Å². The fraction of sp³-hybridized carbons (Fsp3) is 0.375. The van der Waals surface area contributed by atoms with Crippen molar-refractivity contribution in [2.75, 3.05) is 23.3 Å². The Kier molecular flexibility index (Phi) is 6.20. The Hall–Kier alpha value is -3.80. The smallest absolute Gasteiger partial charge is 0.332 e. The van der Waals surface area contributed by atoms with Crippen LogP contribution in [0.3, 0.4) is 0 Å². The number of fused-ring (bicyclic) bond motifs is 1. The van der Waals surface area contributed by atoms with Crippen LogP contribution in [0.4, 0.5) is 15.2 Å². The molecule has 1 atom stereocenters. The van der Waals surface area contributed by atoms with E-state index in [0.717, 1.165) is 30.5 Å². The number of aromatic nitrogens is 5. The molecule has 0 saturated carbocycles. The largest absolute Gasteiger partial charge is 0.369 e. The number of anilines is 2. The Morgan fingerprint density at radius 1 is 1.14 bits per heavy atom. The molecule has 4 aromatic rings. The fourth-order valence-corrected chi connectivity index (χ4v) is 5.24. The van der Waals surface area contributed by atoms with Gasteiger partial charge in [-0.05, 0) is 38.3 Å². The van der Waals surface area contributed by atoms with E-state index in [9.17, 15) is 18.8 Å². The molecule has 0 unspecified atom stereocenters. The second-order valence-corrected chi connectivity index (χ2v) is 9.80. The minimum absolute atomic E-state index is 0.159. The number of thiazole rings is 1. The maximum absolute atomic E-state index is 14.8. The monoisotopic (exact) mass is 511 g/mol. The number of halogens is 1. The highest BCUT2D eigenvalue weighted by atomic mass is 32.1. The first-order valence-corrected chi connectivity index (χ1v) is 12.6. The van der Waals surface area contributed by atoms with E-state index in [-0.39, 0.29) is 17.0 Å². The minimum atomic E-state index is -0.797. The van der Waals surface area contributed by atoms with Crippen molar-refractivity contribution in [3.63, 3.8) is 0 Å². The molecule has 0 radical (unpaired) electrons. The van der Waals surface area contributed by atoms with Crippen LogP contribution in [0.25, 0.3) is 22.4 Å². The number of hydrogen-bond acceptors (Lipinski definition) is 7. The molecule has 0 bridgehead atoms. The number of amides is 1. The molecule has 5 rings (SSSR count). The van der Waals surface area contributed by atoms with E-state index in [1.807, 2.05) is 6.07 Å². The van der Waals surface area contributed by atoms with Crippen LogP contribution in [0.5, 0.6) is 0 Å². The summed E-state index contributed by atoms with van der Waals surface area (Å²) < 4.78 is 18.5. The van der Waals surface area contributed by atoms with Gasteiger partial charge in [0.05, 0.1) is 17.7 Å². The van der Waals surface area contributed by atoms with Gasteiger partial charge in [-0.15, -0.1) is 11.3 Å². The lowest BCUT2D eigenvalue weighted by Crippen LogP contribution is -2.38. The number of benzene rings is 1. The Morgan fingerprint density at radius 2 is 1.89 bits per heavy atom. The van der Waals surface area contributed by atoms with Gasteiger partial charge in [0.15, 0.2) is 16.3 Å². The Labute approximate surface area is 209 Å². The first-order valence-electron chi connectivity index (χ1n) is 11.7. The summed E-state index contributed by atoms with van der Waals surface area (Å²) in [6, 6.07) is 4.31. The maximum atomic E-state index is 14.8. The first-order chi connectivity index (χ1) is 17.3. The number of carbonyl (C=O) groups is 1. The molecule has 36 heavy (non-hydrogen) atoms. The Balaban J connectivity index is 1.35. The predicted octanol–water partition coefficient (Wildman–Crippen LogP) is 2.89. The van der Waals surface area contributed by atoms with Crippen LogP contribution in [-0.4, -0.2) is 42.7 Å². The highest BCUT2D eigenvalue weighted by Crippen LogP contribution is 2.30. The molecule has 188 valence electrons. The van der Waals surface area contributed by atoms with Crippen molar-refractivity contribution in [1.29, 1.82) is 0 Å². The van der Waals surface area contributed by atoms with Crippen LogP contribution < -0.4 is 21.5 Å². The first kappa shape index (κ1) is 23.9. The lowest BCUT2D eigenvalue weighted by Gasteiger charge is -2.29. The molecule has 1 fully saturated rings. The molecule has 4 heterocycles. The summed E-state index contributed by atoms with van der Waals surface area (Å²) in [5, 5.41) is 4.87. The van der Waals surface area contributed by atoms with Crippen LogP contribution in [0.15, 0.2) is 39.5 Å². The zero-order valence-electron chi connectivity index (χ0n) is 20.2. The summed E-state index contributed by atoms with van der Waals surface area (Å²) in [6.45, 7) is 3.34. The Bertz CT molecular complexity index is 1580. The van der Waals surface area contributed by atoms with Crippen molar-refractivity contribution in [2.24, 2.45) is 14.1 Å². The van der Waals surface area contributed by atoms with Gasteiger partial charge in [-0.25, -0.2) is 19.2 Å². The summed E-state index contributed by atoms with van der Waals surface area (Å²) in [6.07, 6.45) is 4.68. The number of nitrogens with one attached hydrogen (secondary N) is 1. The summed E-state index contributed by atoms with van der Waals surface area (Å²) in [5.41, 5.74) is 1.13. The van der Waals surface area contributed by atoms with Gasteiger partial charge in [-0.2, -0.15) is 0 Å². The molecule has 1 amide bonds. The van der Waals surface area contributed by atoms with E-state index in [0.29, 0.717) is 22.1 Å². The van der Waals surface area contributed by atoms with Crippen molar-refractivity contribution in [1.82, 2.24) is 23.7 Å². The van der Waals surface area contributed by atoms with Crippen molar-refractivity contribution in [2.45, 2.75) is 32.2 Å². The summed E-state index contributed by atoms with van der Waals surface area (Å²) >= 11 is 1.23. The molecule has 1 aliphatic heterocycles. The number of aryl methyl sites for hydroxylation is 1. The van der Waals surface area contributed by atoms with Gasteiger partial charge in [0, 0.05) is 38.1 Å². The zero-order chi connectivity index (χ0) is 25.6. The average Bonchev–Trinajstić information content (AvgIpc) is 3.54. The quantitative estimate of drug-likeness (QED) is 0.442. The molecule has 1 aromatic carbocycles. The van der Waals surface area contributed by atoms with Crippen molar-refractivity contribution < 1.29 is 9.18 Å². The van der Waals surface area contributed by atoms with E-state index in [1.165, 1.54) is 53.4 Å². The molecule has 12 heteroatoms. The standard InChI is InChI=1S/C24H26FN7O3S/c1-14(32-13-26-20-19(32)22(34)30(3)24(35)29(20)2)21(33)28-23-27-17(12-36-23)15-7-8-18(16(25)11-15)31-9-5-4-6-10-31/h7-8,11-14H,4-6,9-10H2,1-3H3,(H,27,28,33)/t14-/m0/s1. The molecule has 0 spiro atoms. The lowest BCUT2D eigenvalue weighted by molar-refractivity contribution is -0.118. The molecular formula is C24H26FN7O3S.